The van der Waals surface area contributed by atoms with E-state index in [1.807, 2.05) is 0 Å². The summed E-state index contributed by atoms with van der Waals surface area (Å²) in [5.41, 5.74) is -1.65. The van der Waals surface area contributed by atoms with Gasteiger partial charge < -0.3 is 5.11 Å². The Bertz CT molecular complexity index is 725. The summed E-state index contributed by atoms with van der Waals surface area (Å²) in [5, 5.41) is 8.89. The number of carboxylic acids is 1. The second-order valence-electron chi connectivity index (χ2n) is 5.65. The highest BCUT2D eigenvalue weighted by Crippen LogP contribution is 2.33. The number of hydrogen-bond acceptors (Lipinski definition) is 3. The fraction of sp³-hybridized carbons (Fsp3) is 0.500. The molecule has 0 aliphatic heterocycles. The van der Waals surface area contributed by atoms with Crippen molar-refractivity contribution in [3.05, 3.63) is 29.6 Å². The molecule has 1 aliphatic rings. The fourth-order valence-corrected chi connectivity index (χ4v) is 3.97. The van der Waals surface area contributed by atoms with Crippen LogP contribution in [0.15, 0.2) is 23.1 Å². The van der Waals surface area contributed by atoms with E-state index < -0.39 is 50.4 Å². The van der Waals surface area contributed by atoms with E-state index in [1.165, 1.54) is 0 Å². The van der Waals surface area contributed by atoms with E-state index in [9.17, 15) is 30.8 Å². The number of halogens is 4. The summed E-state index contributed by atoms with van der Waals surface area (Å²) >= 11 is 0. The first kappa shape index (κ1) is 18.7. The molecule has 1 aliphatic carbocycles. The zero-order valence-corrected chi connectivity index (χ0v) is 13.1. The molecule has 1 aromatic rings. The van der Waals surface area contributed by atoms with Gasteiger partial charge in [-0.05, 0) is 43.9 Å². The van der Waals surface area contributed by atoms with E-state index in [-0.39, 0.29) is 31.7 Å². The Kier molecular flexibility index (Phi) is 5.19. The standard InChI is InChI=1S/C14H15F4NO4S/c15-12-6-5-10(7-11(12)14(16,17)18)24(22,23)19-9-3-1-8(2-4-9)13(20)21/h5-9,19H,1-4H2,(H,20,21). The molecule has 5 nitrogen and oxygen atoms in total. The normalized spacial score (nSPS) is 22.3. The van der Waals surface area contributed by atoms with Crippen LogP contribution in [0.3, 0.4) is 0 Å². The lowest BCUT2D eigenvalue weighted by Crippen LogP contribution is -2.38. The third-order valence-electron chi connectivity index (χ3n) is 3.95. The summed E-state index contributed by atoms with van der Waals surface area (Å²) in [4.78, 5) is 10.2. The van der Waals surface area contributed by atoms with Crippen molar-refractivity contribution < 1.29 is 35.9 Å². The Labute approximate surface area is 135 Å². The molecule has 0 radical (unpaired) electrons. The number of alkyl halides is 3. The molecule has 2 N–H and O–H groups in total. The molecule has 0 amide bonds. The van der Waals surface area contributed by atoms with Gasteiger partial charge in [0.1, 0.15) is 5.82 Å². The maximum Gasteiger partial charge on any atom is 0.419 e. The van der Waals surface area contributed by atoms with Gasteiger partial charge >= 0.3 is 12.1 Å². The first-order valence-electron chi connectivity index (χ1n) is 7.12. The third kappa shape index (κ3) is 4.23. The van der Waals surface area contributed by atoms with Gasteiger partial charge in [-0.25, -0.2) is 17.5 Å². The minimum atomic E-state index is -5.00. The number of sulfonamides is 1. The maximum absolute atomic E-state index is 13.2. The van der Waals surface area contributed by atoms with Gasteiger partial charge in [0.05, 0.1) is 16.4 Å². The SMILES string of the molecule is O=C(O)C1CCC(NS(=O)(=O)c2ccc(F)c(C(F)(F)F)c2)CC1. The molecule has 0 bridgehead atoms. The van der Waals surface area contributed by atoms with Gasteiger partial charge in [-0.2, -0.15) is 13.2 Å². The van der Waals surface area contributed by atoms with Crippen molar-refractivity contribution in [3.63, 3.8) is 0 Å². The molecule has 0 unspecified atom stereocenters. The summed E-state index contributed by atoms with van der Waals surface area (Å²) in [5.74, 6) is -3.05. The number of hydrogen-bond donors (Lipinski definition) is 2. The molecular weight excluding hydrogens is 354 g/mol. The van der Waals surface area contributed by atoms with Gasteiger partial charge in [-0.15, -0.1) is 0 Å². The van der Waals surface area contributed by atoms with Gasteiger partial charge in [0.2, 0.25) is 10.0 Å². The minimum absolute atomic E-state index is 0.251. The highest BCUT2D eigenvalue weighted by molar-refractivity contribution is 7.89. The highest BCUT2D eigenvalue weighted by Gasteiger charge is 2.36. The topological polar surface area (TPSA) is 83.5 Å². The van der Waals surface area contributed by atoms with Crippen molar-refractivity contribution in [2.45, 2.75) is 42.8 Å². The fourth-order valence-electron chi connectivity index (χ4n) is 2.63. The molecule has 0 aromatic heterocycles. The Hall–Kier alpha value is -1.68. The van der Waals surface area contributed by atoms with Crippen molar-refractivity contribution in [2.24, 2.45) is 5.92 Å². The van der Waals surface area contributed by atoms with Crippen LogP contribution in [-0.4, -0.2) is 25.5 Å². The number of aliphatic carboxylic acids is 1. The van der Waals surface area contributed by atoms with E-state index in [0.717, 1.165) is 6.07 Å². The van der Waals surface area contributed by atoms with Crippen molar-refractivity contribution in [3.8, 4) is 0 Å². The predicted octanol–water partition coefficient (Wildman–Crippen LogP) is 2.77. The maximum atomic E-state index is 13.2. The van der Waals surface area contributed by atoms with Crippen LogP contribution in [-0.2, 0) is 21.0 Å². The smallest absolute Gasteiger partial charge is 0.419 e. The molecule has 0 atom stereocenters. The van der Waals surface area contributed by atoms with Crippen LogP contribution in [0.25, 0.3) is 0 Å². The number of rotatable bonds is 4. The number of benzene rings is 1. The predicted molar refractivity (Wildman–Crippen MR) is 75.1 cm³/mol. The van der Waals surface area contributed by atoms with E-state index in [0.29, 0.717) is 6.07 Å². The van der Waals surface area contributed by atoms with E-state index in [4.69, 9.17) is 5.11 Å². The molecule has 24 heavy (non-hydrogen) atoms. The second kappa shape index (κ2) is 6.67. The van der Waals surface area contributed by atoms with Crippen molar-refractivity contribution >= 4 is 16.0 Å². The molecule has 134 valence electrons. The van der Waals surface area contributed by atoms with Gasteiger partial charge in [0.25, 0.3) is 0 Å². The molecule has 1 fully saturated rings. The summed E-state index contributed by atoms with van der Waals surface area (Å²) in [7, 11) is -4.26. The van der Waals surface area contributed by atoms with Crippen molar-refractivity contribution in [1.82, 2.24) is 4.72 Å². The molecule has 0 saturated heterocycles. The second-order valence-corrected chi connectivity index (χ2v) is 7.36. The molecule has 1 saturated carbocycles. The summed E-state index contributed by atoms with van der Waals surface area (Å²) in [6.45, 7) is 0. The van der Waals surface area contributed by atoms with Crippen LogP contribution in [0, 0.1) is 11.7 Å². The van der Waals surface area contributed by atoms with E-state index in [2.05, 4.69) is 4.72 Å². The number of nitrogens with one attached hydrogen (secondary N) is 1. The summed E-state index contributed by atoms with van der Waals surface area (Å²) < 4.78 is 77.9. The first-order valence-corrected chi connectivity index (χ1v) is 8.61. The van der Waals surface area contributed by atoms with Crippen molar-refractivity contribution in [2.75, 3.05) is 0 Å². The molecule has 2 rings (SSSR count). The zero-order valence-electron chi connectivity index (χ0n) is 12.3. The van der Waals surface area contributed by atoms with E-state index in [1.54, 1.807) is 0 Å². The quantitative estimate of drug-likeness (QED) is 0.800. The third-order valence-corrected chi connectivity index (χ3v) is 5.47. The monoisotopic (exact) mass is 369 g/mol. The van der Waals surface area contributed by atoms with Gasteiger partial charge in [0.15, 0.2) is 0 Å². The number of carbonyl (C=O) groups is 1. The Morgan fingerprint density at radius 1 is 1.17 bits per heavy atom. The molecular formula is C14H15F4NO4S. The lowest BCUT2D eigenvalue weighted by Gasteiger charge is -2.26. The van der Waals surface area contributed by atoms with Gasteiger partial charge in [-0.1, -0.05) is 0 Å². The Morgan fingerprint density at radius 2 is 1.75 bits per heavy atom. The van der Waals surface area contributed by atoms with Crippen LogP contribution in [0.2, 0.25) is 0 Å². The molecule has 10 heteroatoms. The van der Waals surface area contributed by atoms with Crippen LogP contribution in [0.5, 0.6) is 0 Å². The Balaban J connectivity index is 2.16. The molecule has 1 aromatic carbocycles. The summed E-state index contributed by atoms with van der Waals surface area (Å²) in [6.07, 6.45) is -3.92. The highest BCUT2D eigenvalue weighted by atomic mass is 32.2. The van der Waals surface area contributed by atoms with Gasteiger partial charge in [0, 0.05) is 6.04 Å². The Morgan fingerprint density at radius 3 is 2.25 bits per heavy atom. The minimum Gasteiger partial charge on any atom is -0.481 e. The molecule has 0 spiro atoms. The van der Waals surface area contributed by atoms with Crippen LogP contribution in [0.4, 0.5) is 17.6 Å². The average Bonchev–Trinajstić information content (AvgIpc) is 2.46. The van der Waals surface area contributed by atoms with E-state index >= 15 is 0 Å². The van der Waals surface area contributed by atoms with Crippen LogP contribution >= 0.6 is 0 Å². The average molecular weight is 369 g/mol. The van der Waals surface area contributed by atoms with Crippen LogP contribution < -0.4 is 4.72 Å². The zero-order chi connectivity index (χ0) is 18.1. The lowest BCUT2D eigenvalue weighted by molar-refractivity contribution is -0.143. The molecule has 0 heterocycles. The van der Waals surface area contributed by atoms with Gasteiger partial charge in [-0.3, -0.25) is 4.79 Å². The number of carboxylic acid groups (broad SMARTS) is 1. The lowest BCUT2D eigenvalue weighted by atomic mass is 9.87. The first-order chi connectivity index (χ1) is 11.0. The van der Waals surface area contributed by atoms with Crippen LogP contribution in [0.1, 0.15) is 31.2 Å². The largest absolute Gasteiger partial charge is 0.481 e. The van der Waals surface area contributed by atoms with Crippen molar-refractivity contribution in [1.29, 1.82) is 0 Å². The summed E-state index contributed by atoms with van der Waals surface area (Å²) in [6, 6.07) is 0.902.